The predicted molar refractivity (Wildman–Crippen MR) is 81.0 cm³/mol. The summed E-state index contributed by atoms with van der Waals surface area (Å²) in [5.74, 6) is 0.911. The van der Waals surface area contributed by atoms with Gasteiger partial charge in [-0.05, 0) is 49.4 Å². The van der Waals surface area contributed by atoms with Gasteiger partial charge in [-0.3, -0.25) is 4.98 Å². The van der Waals surface area contributed by atoms with E-state index in [0.717, 1.165) is 28.2 Å². The second-order valence-electron chi connectivity index (χ2n) is 4.74. The Balaban J connectivity index is 1.91. The fourth-order valence-electron chi connectivity index (χ4n) is 2.31. The van der Waals surface area contributed by atoms with Crippen molar-refractivity contribution in [3.05, 3.63) is 65.1 Å². The summed E-state index contributed by atoms with van der Waals surface area (Å²) in [6, 6.07) is 11.8. The normalized spacial score (nSPS) is 12.7. The molecule has 3 nitrogen and oxygen atoms in total. The summed E-state index contributed by atoms with van der Waals surface area (Å²) in [4.78, 5) is 4.14. The number of likely N-dealkylation sites (N-methyl/N-ethyl adjacent to an activating group) is 1. The Labute approximate surface area is 122 Å². The summed E-state index contributed by atoms with van der Waals surface area (Å²) in [5.41, 5.74) is 2.03. The van der Waals surface area contributed by atoms with Crippen LogP contribution in [0.1, 0.15) is 17.4 Å². The number of pyridine rings is 1. The van der Waals surface area contributed by atoms with E-state index in [1.807, 2.05) is 43.6 Å². The van der Waals surface area contributed by atoms with Crippen molar-refractivity contribution < 1.29 is 4.42 Å². The third-order valence-electron chi connectivity index (χ3n) is 3.35. The topological polar surface area (TPSA) is 38.1 Å². The lowest BCUT2D eigenvalue weighted by Crippen LogP contribution is -2.18. The van der Waals surface area contributed by atoms with Gasteiger partial charge in [0, 0.05) is 22.8 Å². The smallest absolute Gasteiger partial charge is 0.134 e. The van der Waals surface area contributed by atoms with Gasteiger partial charge in [-0.1, -0.05) is 17.7 Å². The molecule has 3 aromatic rings. The van der Waals surface area contributed by atoms with E-state index in [2.05, 4.69) is 16.4 Å². The van der Waals surface area contributed by atoms with Crippen molar-refractivity contribution in [3.63, 3.8) is 0 Å². The molecule has 1 unspecified atom stereocenters. The largest absolute Gasteiger partial charge is 0.459 e. The number of furan rings is 1. The van der Waals surface area contributed by atoms with Gasteiger partial charge in [0.2, 0.25) is 0 Å². The van der Waals surface area contributed by atoms with E-state index in [-0.39, 0.29) is 6.04 Å². The fraction of sp³-hybridized carbons (Fsp3) is 0.188. The van der Waals surface area contributed by atoms with E-state index in [0.29, 0.717) is 0 Å². The Kier molecular flexibility index (Phi) is 3.72. The van der Waals surface area contributed by atoms with Crippen LogP contribution in [0.5, 0.6) is 0 Å². The molecule has 0 aliphatic heterocycles. The molecule has 0 aliphatic carbocycles. The molecule has 20 heavy (non-hydrogen) atoms. The van der Waals surface area contributed by atoms with E-state index >= 15 is 0 Å². The molecule has 1 atom stereocenters. The summed E-state index contributed by atoms with van der Waals surface area (Å²) in [5, 5.41) is 5.04. The highest BCUT2D eigenvalue weighted by Gasteiger charge is 2.15. The second kappa shape index (κ2) is 5.65. The van der Waals surface area contributed by atoms with Crippen molar-refractivity contribution in [2.24, 2.45) is 0 Å². The summed E-state index contributed by atoms with van der Waals surface area (Å²) >= 11 is 6.01. The molecule has 0 radical (unpaired) electrons. The number of fused-ring (bicyclic) bond motifs is 1. The monoisotopic (exact) mass is 286 g/mol. The van der Waals surface area contributed by atoms with Crippen LogP contribution in [0, 0.1) is 0 Å². The molecular weight excluding hydrogens is 272 g/mol. The standard InChI is InChI=1S/C16H15ClN2O/c1-18-14(7-11-3-2-6-19-10-11)16-9-12-8-13(17)4-5-15(12)20-16/h2-6,8-10,14,18H,7H2,1H3. The number of nitrogens with one attached hydrogen (secondary N) is 1. The minimum absolute atomic E-state index is 0.116. The zero-order valence-electron chi connectivity index (χ0n) is 11.1. The van der Waals surface area contributed by atoms with Gasteiger partial charge >= 0.3 is 0 Å². The highest BCUT2D eigenvalue weighted by molar-refractivity contribution is 6.31. The van der Waals surface area contributed by atoms with Gasteiger partial charge in [0.25, 0.3) is 0 Å². The van der Waals surface area contributed by atoms with Gasteiger partial charge in [-0.15, -0.1) is 0 Å². The number of halogens is 1. The molecule has 0 amide bonds. The highest BCUT2D eigenvalue weighted by Crippen LogP contribution is 2.27. The van der Waals surface area contributed by atoms with Crippen LogP contribution < -0.4 is 5.32 Å². The lowest BCUT2D eigenvalue weighted by atomic mass is 10.1. The lowest BCUT2D eigenvalue weighted by Gasteiger charge is -2.13. The first kappa shape index (κ1) is 13.2. The molecule has 2 aromatic heterocycles. The first-order chi connectivity index (χ1) is 9.76. The minimum atomic E-state index is 0.116. The van der Waals surface area contributed by atoms with E-state index < -0.39 is 0 Å². The van der Waals surface area contributed by atoms with E-state index in [9.17, 15) is 0 Å². The lowest BCUT2D eigenvalue weighted by molar-refractivity contribution is 0.450. The SMILES string of the molecule is CNC(Cc1cccnc1)c1cc2cc(Cl)ccc2o1. The van der Waals surface area contributed by atoms with E-state index in [1.165, 1.54) is 5.56 Å². The average molecular weight is 287 g/mol. The number of nitrogens with zero attached hydrogens (tertiary/aromatic N) is 1. The Hall–Kier alpha value is -1.84. The van der Waals surface area contributed by atoms with Crippen LogP contribution in [0.3, 0.4) is 0 Å². The third kappa shape index (κ3) is 2.69. The Bertz CT molecular complexity index is 709. The van der Waals surface area contributed by atoms with Crippen LogP contribution in [-0.4, -0.2) is 12.0 Å². The van der Waals surface area contributed by atoms with E-state index in [1.54, 1.807) is 6.20 Å². The number of hydrogen-bond donors (Lipinski definition) is 1. The third-order valence-corrected chi connectivity index (χ3v) is 3.59. The summed E-state index contributed by atoms with van der Waals surface area (Å²) < 4.78 is 5.91. The zero-order valence-corrected chi connectivity index (χ0v) is 11.9. The number of rotatable bonds is 4. The van der Waals surface area contributed by atoms with Crippen molar-refractivity contribution in [2.75, 3.05) is 7.05 Å². The quantitative estimate of drug-likeness (QED) is 0.788. The molecule has 2 heterocycles. The van der Waals surface area contributed by atoms with Crippen molar-refractivity contribution in [3.8, 4) is 0 Å². The molecule has 0 aliphatic rings. The molecule has 4 heteroatoms. The van der Waals surface area contributed by atoms with Crippen LogP contribution in [0.15, 0.2) is 53.2 Å². The summed E-state index contributed by atoms with van der Waals surface area (Å²) in [7, 11) is 1.93. The van der Waals surface area contributed by atoms with Gasteiger partial charge in [0.1, 0.15) is 11.3 Å². The molecule has 1 N–H and O–H groups in total. The molecular formula is C16H15ClN2O. The van der Waals surface area contributed by atoms with Gasteiger partial charge in [0.15, 0.2) is 0 Å². The van der Waals surface area contributed by atoms with E-state index in [4.69, 9.17) is 16.0 Å². The van der Waals surface area contributed by atoms with Crippen LogP contribution in [0.25, 0.3) is 11.0 Å². The maximum atomic E-state index is 6.01. The summed E-state index contributed by atoms with van der Waals surface area (Å²) in [6.07, 6.45) is 4.49. The maximum Gasteiger partial charge on any atom is 0.134 e. The molecule has 0 saturated heterocycles. The molecule has 102 valence electrons. The minimum Gasteiger partial charge on any atom is -0.459 e. The van der Waals surface area contributed by atoms with Crippen LogP contribution in [0.2, 0.25) is 5.02 Å². The Morgan fingerprint density at radius 1 is 1.30 bits per heavy atom. The van der Waals surface area contributed by atoms with Crippen LogP contribution in [0.4, 0.5) is 0 Å². The zero-order chi connectivity index (χ0) is 13.9. The van der Waals surface area contributed by atoms with Crippen LogP contribution >= 0.6 is 11.6 Å². The number of aromatic nitrogens is 1. The number of hydrogen-bond acceptors (Lipinski definition) is 3. The predicted octanol–water partition coefficient (Wildman–Crippen LogP) is 3.98. The molecule has 3 rings (SSSR count). The Morgan fingerprint density at radius 3 is 2.95 bits per heavy atom. The first-order valence-electron chi connectivity index (χ1n) is 6.51. The van der Waals surface area contributed by atoms with Gasteiger partial charge in [-0.25, -0.2) is 0 Å². The van der Waals surface area contributed by atoms with Gasteiger partial charge in [0.05, 0.1) is 6.04 Å². The average Bonchev–Trinajstić information content (AvgIpc) is 2.88. The number of benzene rings is 1. The fourth-order valence-corrected chi connectivity index (χ4v) is 2.49. The van der Waals surface area contributed by atoms with Crippen molar-refractivity contribution in [1.29, 1.82) is 0 Å². The van der Waals surface area contributed by atoms with Gasteiger partial charge in [-0.2, -0.15) is 0 Å². The first-order valence-corrected chi connectivity index (χ1v) is 6.89. The van der Waals surface area contributed by atoms with Crippen molar-refractivity contribution in [1.82, 2.24) is 10.3 Å². The van der Waals surface area contributed by atoms with Crippen molar-refractivity contribution in [2.45, 2.75) is 12.5 Å². The molecule has 0 spiro atoms. The maximum absolute atomic E-state index is 6.01. The second-order valence-corrected chi connectivity index (χ2v) is 5.17. The van der Waals surface area contributed by atoms with Gasteiger partial charge < -0.3 is 9.73 Å². The Morgan fingerprint density at radius 2 is 2.20 bits per heavy atom. The van der Waals surface area contributed by atoms with Crippen molar-refractivity contribution >= 4 is 22.6 Å². The van der Waals surface area contributed by atoms with Crippen LogP contribution in [-0.2, 0) is 6.42 Å². The molecule has 0 saturated carbocycles. The molecule has 0 bridgehead atoms. The summed E-state index contributed by atoms with van der Waals surface area (Å²) in [6.45, 7) is 0. The molecule has 1 aromatic carbocycles. The molecule has 0 fully saturated rings. The highest BCUT2D eigenvalue weighted by atomic mass is 35.5.